The summed E-state index contributed by atoms with van der Waals surface area (Å²) in [5.74, 6) is 6.51. The highest BCUT2D eigenvalue weighted by molar-refractivity contribution is 5.60. The van der Waals surface area contributed by atoms with Gasteiger partial charge in [-0.1, -0.05) is 117 Å². The number of methoxy groups -OCH3 is 1. The summed E-state index contributed by atoms with van der Waals surface area (Å²) in [5.41, 5.74) is 3.47. The second-order valence-electron chi connectivity index (χ2n) is 10.1. The van der Waals surface area contributed by atoms with Crippen LogP contribution in [-0.2, 0) is 29.0 Å². The number of nitrogens with zero attached hydrogens (tertiary/aromatic N) is 1. The molecule has 37 heavy (non-hydrogen) atoms. The SMILES string of the molecule is COC(=O)OC(C#CCCCCN(Cc1ccccc1)Cc1ccccc1)C(C)(C)Cc1ccccc1. The molecule has 0 heterocycles. The van der Waals surface area contributed by atoms with Crippen LogP contribution in [0.2, 0.25) is 0 Å². The van der Waals surface area contributed by atoms with E-state index in [0.29, 0.717) is 0 Å². The van der Waals surface area contributed by atoms with Crippen LogP contribution in [0.4, 0.5) is 4.79 Å². The zero-order valence-corrected chi connectivity index (χ0v) is 22.4. The summed E-state index contributed by atoms with van der Waals surface area (Å²) in [7, 11) is 1.33. The Morgan fingerprint density at radius 2 is 1.32 bits per heavy atom. The predicted octanol–water partition coefficient (Wildman–Crippen LogP) is 7.28. The minimum Gasteiger partial charge on any atom is -0.438 e. The molecule has 0 aromatic heterocycles. The predicted molar refractivity (Wildman–Crippen MR) is 150 cm³/mol. The fraction of sp³-hybridized carbons (Fsp3) is 0.364. The van der Waals surface area contributed by atoms with Crippen molar-refractivity contribution in [2.24, 2.45) is 5.41 Å². The second-order valence-corrected chi connectivity index (χ2v) is 10.1. The number of carbonyl (C=O) groups is 1. The van der Waals surface area contributed by atoms with E-state index in [1.807, 2.05) is 18.2 Å². The molecule has 3 rings (SSSR count). The lowest BCUT2D eigenvalue weighted by Crippen LogP contribution is -2.34. The zero-order valence-electron chi connectivity index (χ0n) is 22.4. The van der Waals surface area contributed by atoms with E-state index >= 15 is 0 Å². The van der Waals surface area contributed by atoms with E-state index < -0.39 is 12.3 Å². The standard InChI is InChI=1S/C33H39NO3/c1-33(2,25-28-17-9-6-10-18-28)31(37-32(35)36-3)23-15-4-5-16-24-34(26-29-19-11-7-12-20-29)27-30-21-13-8-14-22-30/h6-14,17-22,31H,4-5,16,24-27H2,1-3H3. The summed E-state index contributed by atoms with van der Waals surface area (Å²) in [5, 5.41) is 0. The monoisotopic (exact) mass is 497 g/mol. The number of rotatable bonds is 12. The largest absolute Gasteiger partial charge is 0.509 e. The van der Waals surface area contributed by atoms with Crippen LogP contribution in [0.25, 0.3) is 0 Å². The van der Waals surface area contributed by atoms with Gasteiger partial charge in [0.1, 0.15) is 0 Å². The lowest BCUT2D eigenvalue weighted by molar-refractivity contribution is 0.0131. The minimum absolute atomic E-state index is 0.356. The minimum atomic E-state index is -0.696. The van der Waals surface area contributed by atoms with Crippen molar-refractivity contribution in [3.8, 4) is 11.8 Å². The normalized spacial score (nSPS) is 11.9. The Balaban J connectivity index is 1.56. The first kappa shape index (κ1) is 28.0. The molecule has 3 aromatic carbocycles. The first-order valence-corrected chi connectivity index (χ1v) is 13.0. The zero-order chi connectivity index (χ0) is 26.3. The van der Waals surface area contributed by atoms with Gasteiger partial charge in [0, 0.05) is 24.9 Å². The average Bonchev–Trinajstić information content (AvgIpc) is 2.91. The van der Waals surface area contributed by atoms with Crippen LogP contribution in [0.3, 0.4) is 0 Å². The van der Waals surface area contributed by atoms with Gasteiger partial charge in [-0.05, 0) is 42.5 Å². The van der Waals surface area contributed by atoms with Crippen molar-refractivity contribution >= 4 is 6.16 Å². The molecule has 1 unspecified atom stereocenters. The smallest absolute Gasteiger partial charge is 0.438 e. The molecule has 4 nitrogen and oxygen atoms in total. The number of hydrogen-bond acceptors (Lipinski definition) is 4. The van der Waals surface area contributed by atoms with Crippen molar-refractivity contribution in [3.63, 3.8) is 0 Å². The third-order valence-corrected chi connectivity index (χ3v) is 6.35. The van der Waals surface area contributed by atoms with Gasteiger partial charge in [-0.15, -0.1) is 0 Å². The topological polar surface area (TPSA) is 38.8 Å². The van der Waals surface area contributed by atoms with Gasteiger partial charge in [0.2, 0.25) is 0 Å². The molecule has 1 atom stereocenters. The van der Waals surface area contributed by atoms with Crippen LogP contribution in [-0.4, -0.2) is 30.8 Å². The highest BCUT2D eigenvalue weighted by Crippen LogP contribution is 2.28. The van der Waals surface area contributed by atoms with E-state index in [1.54, 1.807) is 0 Å². The number of ether oxygens (including phenoxy) is 2. The fourth-order valence-corrected chi connectivity index (χ4v) is 4.35. The highest BCUT2D eigenvalue weighted by atomic mass is 16.7. The lowest BCUT2D eigenvalue weighted by Gasteiger charge is -2.30. The van der Waals surface area contributed by atoms with E-state index in [4.69, 9.17) is 9.47 Å². The third kappa shape index (κ3) is 10.1. The maximum absolute atomic E-state index is 11.9. The maximum atomic E-state index is 11.9. The highest BCUT2D eigenvalue weighted by Gasteiger charge is 2.32. The van der Waals surface area contributed by atoms with Crippen molar-refractivity contribution in [1.29, 1.82) is 0 Å². The van der Waals surface area contributed by atoms with Gasteiger partial charge < -0.3 is 9.47 Å². The van der Waals surface area contributed by atoms with E-state index in [1.165, 1.54) is 23.8 Å². The fourth-order valence-electron chi connectivity index (χ4n) is 4.35. The van der Waals surface area contributed by atoms with Crippen LogP contribution < -0.4 is 0 Å². The van der Waals surface area contributed by atoms with Gasteiger partial charge in [0.05, 0.1) is 7.11 Å². The van der Waals surface area contributed by atoms with Gasteiger partial charge >= 0.3 is 6.16 Å². The quantitative estimate of drug-likeness (QED) is 0.150. The molecule has 0 bridgehead atoms. The molecule has 0 aliphatic carbocycles. The number of benzene rings is 3. The molecule has 194 valence electrons. The summed E-state index contributed by atoms with van der Waals surface area (Å²) in [6.07, 6.45) is 2.29. The molecule has 0 saturated carbocycles. The van der Waals surface area contributed by atoms with Gasteiger partial charge in [0.25, 0.3) is 0 Å². The Bertz CT molecular complexity index is 1080. The van der Waals surface area contributed by atoms with Crippen LogP contribution in [0.1, 0.15) is 49.8 Å². The average molecular weight is 498 g/mol. The van der Waals surface area contributed by atoms with Crippen molar-refractivity contribution in [1.82, 2.24) is 4.90 Å². The van der Waals surface area contributed by atoms with Crippen LogP contribution in [0, 0.1) is 17.3 Å². The Morgan fingerprint density at radius 3 is 1.84 bits per heavy atom. The third-order valence-electron chi connectivity index (χ3n) is 6.35. The Morgan fingerprint density at radius 1 is 0.811 bits per heavy atom. The molecule has 0 saturated heterocycles. The molecule has 0 spiro atoms. The van der Waals surface area contributed by atoms with Gasteiger partial charge in [-0.25, -0.2) is 4.79 Å². The Kier molecular flexibility index (Phi) is 11.3. The van der Waals surface area contributed by atoms with Gasteiger partial charge in [-0.3, -0.25) is 4.90 Å². The molecule has 0 aliphatic rings. The van der Waals surface area contributed by atoms with Gasteiger partial charge in [0.15, 0.2) is 6.10 Å². The Labute approximate surface area is 222 Å². The molecular weight excluding hydrogens is 458 g/mol. The van der Waals surface area contributed by atoms with Crippen LogP contribution in [0.15, 0.2) is 91.0 Å². The van der Waals surface area contributed by atoms with E-state index in [9.17, 15) is 4.79 Å². The number of hydrogen-bond donors (Lipinski definition) is 0. The van der Waals surface area contributed by atoms with Crippen molar-refractivity contribution in [2.75, 3.05) is 13.7 Å². The maximum Gasteiger partial charge on any atom is 0.509 e. The van der Waals surface area contributed by atoms with Crippen molar-refractivity contribution in [3.05, 3.63) is 108 Å². The first-order chi connectivity index (χ1) is 18.0. The number of carbonyl (C=O) groups excluding carboxylic acids is 1. The van der Waals surface area contributed by atoms with Crippen molar-refractivity contribution < 1.29 is 14.3 Å². The summed E-state index contributed by atoms with van der Waals surface area (Å²) in [6, 6.07) is 31.4. The molecule has 0 aliphatic heterocycles. The van der Waals surface area contributed by atoms with Crippen LogP contribution >= 0.6 is 0 Å². The molecule has 0 fully saturated rings. The number of unbranched alkanes of at least 4 members (excludes halogenated alkanes) is 2. The van der Waals surface area contributed by atoms with Crippen LogP contribution in [0.5, 0.6) is 0 Å². The molecule has 3 aromatic rings. The summed E-state index contributed by atoms with van der Waals surface area (Å²) >= 11 is 0. The van der Waals surface area contributed by atoms with E-state index in [-0.39, 0.29) is 5.41 Å². The molecular formula is C33H39NO3. The molecule has 4 heteroatoms. The summed E-state index contributed by atoms with van der Waals surface area (Å²) < 4.78 is 10.3. The van der Waals surface area contributed by atoms with E-state index in [0.717, 1.165) is 45.3 Å². The van der Waals surface area contributed by atoms with E-state index in [2.05, 4.69) is 103 Å². The van der Waals surface area contributed by atoms with Gasteiger partial charge in [-0.2, -0.15) is 0 Å². The molecule has 0 N–H and O–H groups in total. The Hall–Kier alpha value is -3.55. The second kappa shape index (κ2) is 14.9. The molecule has 0 amide bonds. The summed E-state index contributed by atoms with van der Waals surface area (Å²) in [4.78, 5) is 14.4. The molecule has 0 radical (unpaired) electrons. The lowest BCUT2D eigenvalue weighted by atomic mass is 9.80. The first-order valence-electron chi connectivity index (χ1n) is 13.0. The van der Waals surface area contributed by atoms with Crippen molar-refractivity contribution in [2.45, 2.75) is 58.7 Å². The summed E-state index contributed by atoms with van der Waals surface area (Å²) in [6.45, 7) is 6.99.